The van der Waals surface area contributed by atoms with Gasteiger partial charge in [0.1, 0.15) is 5.82 Å². The number of aromatic nitrogens is 2. The fraction of sp³-hybridized carbons (Fsp3) is 0.474. The first-order valence-corrected chi connectivity index (χ1v) is 9.26. The number of carbonyl (C=O) groups excluding carboxylic acids is 1. The summed E-state index contributed by atoms with van der Waals surface area (Å²) in [5.74, 6) is 0.525. The van der Waals surface area contributed by atoms with E-state index in [1.165, 1.54) is 26.0 Å². The van der Waals surface area contributed by atoms with Crippen molar-refractivity contribution < 1.29 is 23.0 Å². The summed E-state index contributed by atoms with van der Waals surface area (Å²) in [5, 5.41) is 9.72. The van der Waals surface area contributed by atoms with Crippen LogP contribution >= 0.6 is 0 Å². The number of alkyl halides is 2. The number of methoxy groups -OCH3 is 1. The van der Waals surface area contributed by atoms with Crippen molar-refractivity contribution in [2.45, 2.75) is 32.3 Å². The van der Waals surface area contributed by atoms with Gasteiger partial charge in [0.2, 0.25) is 5.91 Å². The summed E-state index contributed by atoms with van der Waals surface area (Å²) in [4.78, 5) is 14.5. The van der Waals surface area contributed by atoms with Crippen molar-refractivity contribution in [1.82, 2.24) is 15.1 Å². The molecular weight excluding hydrogens is 370 g/mol. The maximum absolute atomic E-state index is 12.4. The van der Waals surface area contributed by atoms with E-state index in [9.17, 15) is 13.6 Å². The van der Waals surface area contributed by atoms with Crippen LogP contribution in [-0.4, -0.2) is 54.4 Å². The molecule has 1 aromatic heterocycles. The van der Waals surface area contributed by atoms with E-state index >= 15 is 0 Å². The Balaban J connectivity index is 1.56. The lowest BCUT2D eigenvalue weighted by molar-refractivity contribution is -0.116. The third kappa shape index (κ3) is 5.41. The van der Waals surface area contributed by atoms with Gasteiger partial charge < -0.3 is 19.7 Å². The third-order valence-electron chi connectivity index (χ3n) is 4.60. The summed E-state index contributed by atoms with van der Waals surface area (Å²) in [5.41, 5.74) is 1.19. The average molecular weight is 394 g/mol. The number of amides is 1. The molecule has 0 aliphatic carbocycles. The summed E-state index contributed by atoms with van der Waals surface area (Å²) >= 11 is 0. The standard InChI is InChI=1S/C19H24F2N4O3/c1-27-16-11-13(6-7-15(16)28-19(20)21)14-12-17(24-23-14)22-18(26)5-4-10-25-8-2-3-9-25/h6-7,11-12,19H,2-5,8-10H2,1H3,(H2,22,23,24,26). The monoisotopic (exact) mass is 394 g/mol. The zero-order valence-corrected chi connectivity index (χ0v) is 15.7. The van der Waals surface area contributed by atoms with Gasteiger partial charge >= 0.3 is 6.61 Å². The van der Waals surface area contributed by atoms with Crippen LogP contribution in [0, 0.1) is 0 Å². The van der Waals surface area contributed by atoms with Crippen molar-refractivity contribution in [3.05, 3.63) is 24.3 Å². The van der Waals surface area contributed by atoms with Crippen molar-refractivity contribution in [3.63, 3.8) is 0 Å². The Morgan fingerprint density at radius 2 is 2.07 bits per heavy atom. The lowest BCUT2D eigenvalue weighted by Crippen LogP contribution is -2.22. The van der Waals surface area contributed by atoms with E-state index in [2.05, 4.69) is 25.2 Å². The second-order valence-corrected chi connectivity index (χ2v) is 6.61. The van der Waals surface area contributed by atoms with Crippen LogP contribution in [0.5, 0.6) is 11.5 Å². The Hall–Kier alpha value is -2.68. The fourth-order valence-electron chi connectivity index (χ4n) is 3.24. The molecule has 9 heteroatoms. The van der Waals surface area contributed by atoms with Crippen LogP contribution in [0.3, 0.4) is 0 Å². The molecule has 0 atom stereocenters. The number of anilines is 1. The maximum atomic E-state index is 12.4. The molecule has 2 heterocycles. The molecular formula is C19H24F2N4O3. The van der Waals surface area contributed by atoms with Gasteiger partial charge in [0, 0.05) is 18.1 Å². The van der Waals surface area contributed by atoms with Gasteiger partial charge in [-0.05, 0) is 57.1 Å². The third-order valence-corrected chi connectivity index (χ3v) is 4.60. The van der Waals surface area contributed by atoms with E-state index in [0.717, 1.165) is 26.1 Å². The van der Waals surface area contributed by atoms with Gasteiger partial charge in [0.05, 0.1) is 12.8 Å². The number of nitrogens with one attached hydrogen (secondary N) is 2. The SMILES string of the molecule is COc1cc(-c2cc(NC(=O)CCCN3CCCC3)[nH]n2)ccc1OC(F)F. The van der Waals surface area contributed by atoms with Crippen LogP contribution in [0.4, 0.5) is 14.6 Å². The Morgan fingerprint density at radius 3 is 2.79 bits per heavy atom. The number of hydrogen-bond donors (Lipinski definition) is 2. The summed E-state index contributed by atoms with van der Waals surface area (Å²) in [6.45, 7) is 0.248. The Kier molecular flexibility index (Phi) is 6.80. The molecule has 1 amide bonds. The molecule has 1 fully saturated rings. The second kappa shape index (κ2) is 9.50. The number of likely N-dealkylation sites (tertiary alicyclic amines) is 1. The van der Waals surface area contributed by atoms with E-state index < -0.39 is 6.61 Å². The van der Waals surface area contributed by atoms with Crippen LogP contribution in [0.2, 0.25) is 0 Å². The normalized spacial score (nSPS) is 14.4. The highest BCUT2D eigenvalue weighted by atomic mass is 19.3. The van der Waals surface area contributed by atoms with Gasteiger partial charge in [0.25, 0.3) is 0 Å². The van der Waals surface area contributed by atoms with Gasteiger partial charge in [-0.15, -0.1) is 0 Å². The number of rotatable bonds is 9. The molecule has 1 aliphatic heterocycles. The summed E-state index contributed by atoms with van der Waals surface area (Å²) in [7, 11) is 1.37. The second-order valence-electron chi connectivity index (χ2n) is 6.61. The molecule has 0 unspecified atom stereocenters. The van der Waals surface area contributed by atoms with E-state index in [4.69, 9.17) is 4.74 Å². The lowest BCUT2D eigenvalue weighted by atomic mass is 10.1. The van der Waals surface area contributed by atoms with E-state index in [1.54, 1.807) is 18.2 Å². The number of H-pyrrole nitrogens is 1. The van der Waals surface area contributed by atoms with Crippen LogP contribution in [0.25, 0.3) is 11.3 Å². The lowest BCUT2D eigenvalue weighted by Gasteiger charge is -2.13. The molecule has 1 aliphatic rings. The quantitative estimate of drug-likeness (QED) is 0.681. The largest absolute Gasteiger partial charge is 0.493 e. The Morgan fingerprint density at radius 1 is 1.29 bits per heavy atom. The van der Waals surface area contributed by atoms with Crippen molar-refractivity contribution >= 4 is 11.7 Å². The minimum absolute atomic E-state index is 0.0525. The minimum Gasteiger partial charge on any atom is -0.493 e. The van der Waals surface area contributed by atoms with Crippen LogP contribution in [-0.2, 0) is 4.79 Å². The molecule has 0 saturated carbocycles. The molecule has 0 radical (unpaired) electrons. The number of ether oxygens (including phenoxy) is 2. The first-order valence-electron chi connectivity index (χ1n) is 9.26. The molecule has 0 spiro atoms. The topological polar surface area (TPSA) is 79.5 Å². The van der Waals surface area contributed by atoms with E-state index in [-0.39, 0.29) is 17.4 Å². The minimum atomic E-state index is -2.93. The average Bonchev–Trinajstić information content (AvgIpc) is 3.34. The molecule has 2 N–H and O–H groups in total. The zero-order chi connectivity index (χ0) is 19.9. The van der Waals surface area contributed by atoms with Gasteiger partial charge in [-0.3, -0.25) is 9.89 Å². The van der Waals surface area contributed by atoms with Crippen molar-refractivity contribution in [3.8, 4) is 22.8 Å². The van der Waals surface area contributed by atoms with Crippen LogP contribution < -0.4 is 14.8 Å². The molecule has 3 rings (SSSR count). The van der Waals surface area contributed by atoms with Crippen molar-refractivity contribution in [1.29, 1.82) is 0 Å². The van der Waals surface area contributed by atoms with E-state index in [0.29, 0.717) is 23.5 Å². The molecule has 152 valence electrons. The molecule has 1 aromatic carbocycles. The smallest absolute Gasteiger partial charge is 0.387 e. The summed E-state index contributed by atoms with van der Waals surface area (Å²) in [6, 6.07) is 6.22. The zero-order valence-electron chi connectivity index (χ0n) is 15.7. The number of aromatic amines is 1. The number of nitrogens with zero attached hydrogens (tertiary/aromatic N) is 2. The first-order chi connectivity index (χ1) is 13.5. The highest BCUT2D eigenvalue weighted by molar-refractivity contribution is 5.90. The summed E-state index contributed by atoms with van der Waals surface area (Å²) in [6.07, 6.45) is 3.74. The van der Waals surface area contributed by atoms with Crippen LogP contribution in [0.1, 0.15) is 25.7 Å². The maximum Gasteiger partial charge on any atom is 0.387 e. The number of hydrogen-bond acceptors (Lipinski definition) is 5. The van der Waals surface area contributed by atoms with Gasteiger partial charge in [-0.25, -0.2) is 0 Å². The van der Waals surface area contributed by atoms with Crippen molar-refractivity contribution in [2.75, 3.05) is 32.1 Å². The Bertz CT molecular complexity index is 791. The number of carbonyl (C=O) groups is 1. The summed E-state index contributed by atoms with van der Waals surface area (Å²) < 4.78 is 34.4. The predicted octanol–water partition coefficient (Wildman–Crippen LogP) is 3.50. The number of halogens is 2. The Labute approximate surface area is 162 Å². The molecule has 2 aromatic rings. The van der Waals surface area contributed by atoms with Gasteiger partial charge in [-0.2, -0.15) is 13.9 Å². The molecule has 0 bridgehead atoms. The number of benzene rings is 1. The predicted molar refractivity (Wildman–Crippen MR) is 101 cm³/mol. The molecule has 1 saturated heterocycles. The molecule has 28 heavy (non-hydrogen) atoms. The molecule has 7 nitrogen and oxygen atoms in total. The first kappa shape index (κ1) is 20.1. The van der Waals surface area contributed by atoms with Gasteiger partial charge in [0.15, 0.2) is 11.5 Å². The van der Waals surface area contributed by atoms with Crippen molar-refractivity contribution in [2.24, 2.45) is 0 Å². The van der Waals surface area contributed by atoms with E-state index in [1.807, 2.05) is 0 Å². The van der Waals surface area contributed by atoms with Crippen LogP contribution in [0.15, 0.2) is 24.3 Å². The highest BCUT2D eigenvalue weighted by Crippen LogP contribution is 2.33. The van der Waals surface area contributed by atoms with Gasteiger partial charge in [-0.1, -0.05) is 0 Å². The highest BCUT2D eigenvalue weighted by Gasteiger charge is 2.14. The fourth-order valence-corrected chi connectivity index (χ4v) is 3.24.